The maximum Gasteiger partial charge on any atom is 0.345 e. The van der Waals surface area contributed by atoms with Crippen molar-refractivity contribution >= 4 is 39.6 Å². The van der Waals surface area contributed by atoms with E-state index in [4.69, 9.17) is 4.74 Å². The molecule has 0 spiro atoms. The molecule has 0 bridgehead atoms. The molecule has 3 aromatic rings. The molecule has 0 fully saturated rings. The highest BCUT2D eigenvalue weighted by Crippen LogP contribution is 2.19. The second-order valence-corrected chi connectivity index (χ2v) is 6.41. The van der Waals surface area contributed by atoms with E-state index in [1.54, 1.807) is 24.4 Å². The van der Waals surface area contributed by atoms with Crippen LogP contribution in [0.1, 0.15) is 30.2 Å². The molecule has 0 N–H and O–H groups in total. The van der Waals surface area contributed by atoms with Gasteiger partial charge in [0.15, 0.2) is 5.65 Å². The van der Waals surface area contributed by atoms with Crippen LogP contribution in [0.3, 0.4) is 0 Å². The lowest BCUT2D eigenvalue weighted by Crippen LogP contribution is -2.09. The summed E-state index contributed by atoms with van der Waals surface area (Å²) in [6.45, 7) is 4.07. The van der Waals surface area contributed by atoms with Gasteiger partial charge < -0.3 is 4.74 Å². The number of aromatic nitrogens is 3. The molecule has 1 aromatic carbocycles. The molecule has 2 heterocycles. The van der Waals surface area contributed by atoms with Gasteiger partial charge in [0.2, 0.25) is 0 Å². The normalized spacial score (nSPS) is 11.1. The SMILES string of the molecule is CC(C)n1ncc2cc(C(=O)Oc3cccc(I)c3)cnc21. The number of hydrogen-bond donors (Lipinski definition) is 0. The molecule has 22 heavy (non-hydrogen) atoms. The Hall–Kier alpha value is -1.96. The van der Waals surface area contributed by atoms with Crippen molar-refractivity contribution in [1.29, 1.82) is 0 Å². The molecule has 0 saturated heterocycles. The Balaban J connectivity index is 1.88. The van der Waals surface area contributed by atoms with Crippen LogP contribution in [0, 0.1) is 3.57 Å². The van der Waals surface area contributed by atoms with Gasteiger partial charge in [0.1, 0.15) is 5.75 Å². The zero-order valence-electron chi connectivity index (χ0n) is 12.2. The topological polar surface area (TPSA) is 57.0 Å². The Morgan fingerprint density at radius 1 is 1.27 bits per heavy atom. The van der Waals surface area contributed by atoms with Gasteiger partial charge in [0, 0.05) is 21.2 Å². The minimum Gasteiger partial charge on any atom is -0.423 e. The molecule has 0 amide bonds. The Morgan fingerprint density at radius 3 is 2.82 bits per heavy atom. The Kier molecular flexibility index (Phi) is 4.10. The summed E-state index contributed by atoms with van der Waals surface area (Å²) in [6, 6.07) is 9.31. The molecule has 0 atom stereocenters. The van der Waals surface area contributed by atoms with E-state index in [2.05, 4.69) is 32.7 Å². The number of nitrogens with zero attached hydrogens (tertiary/aromatic N) is 3. The molecule has 0 aliphatic rings. The smallest absolute Gasteiger partial charge is 0.345 e. The molecule has 3 rings (SSSR count). The Labute approximate surface area is 141 Å². The largest absolute Gasteiger partial charge is 0.423 e. The maximum atomic E-state index is 12.2. The van der Waals surface area contributed by atoms with Gasteiger partial charge >= 0.3 is 5.97 Å². The molecule has 6 heteroatoms. The third kappa shape index (κ3) is 2.96. The van der Waals surface area contributed by atoms with Crippen molar-refractivity contribution in [2.45, 2.75) is 19.9 Å². The zero-order valence-corrected chi connectivity index (χ0v) is 14.3. The number of benzene rings is 1. The second-order valence-electron chi connectivity index (χ2n) is 5.17. The minimum atomic E-state index is -0.423. The van der Waals surface area contributed by atoms with Crippen LogP contribution in [0.25, 0.3) is 11.0 Å². The molecule has 0 aliphatic heterocycles. The standard InChI is InChI=1S/C16H14IN3O2/c1-10(2)20-15-11(9-19-20)6-12(8-18-15)16(21)22-14-5-3-4-13(17)7-14/h3-10H,1-2H3. The van der Waals surface area contributed by atoms with Gasteiger partial charge in [0.05, 0.1) is 11.8 Å². The van der Waals surface area contributed by atoms with Crippen LogP contribution in [0.2, 0.25) is 0 Å². The molecule has 5 nitrogen and oxygen atoms in total. The van der Waals surface area contributed by atoms with E-state index in [1.165, 1.54) is 6.20 Å². The zero-order chi connectivity index (χ0) is 15.7. The van der Waals surface area contributed by atoms with Crippen molar-refractivity contribution in [3.8, 4) is 5.75 Å². The van der Waals surface area contributed by atoms with Crippen LogP contribution < -0.4 is 4.74 Å². The van der Waals surface area contributed by atoms with Crippen molar-refractivity contribution in [2.24, 2.45) is 0 Å². The van der Waals surface area contributed by atoms with Crippen molar-refractivity contribution in [2.75, 3.05) is 0 Å². The summed E-state index contributed by atoms with van der Waals surface area (Å²) in [4.78, 5) is 16.6. The highest BCUT2D eigenvalue weighted by atomic mass is 127. The molecular formula is C16H14IN3O2. The van der Waals surface area contributed by atoms with Gasteiger partial charge in [-0.2, -0.15) is 5.10 Å². The number of ether oxygens (including phenoxy) is 1. The van der Waals surface area contributed by atoms with Gasteiger partial charge in [-0.15, -0.1) is 0 Å². The van der Waals surface area contributed by atoms with Crippen LogP contribution in [-0.2, 0) is 0 Å². The summed E-state index contributed by atoms with van der Waals surface area (Å²) in [6.07, 6.45) is 3.24. The van der Waals surface area contributed by atoms with Crippen molar-refractivity contribution < 1.29 is 9.53 Å². The van der Waals surface area contributed by atoms with E-state index < -0.39 is 5.97 Å². The summed E-state index contributed by atoms with van der Waals surface area (Å²) in [7, 11) is 0. The van der Waals surface area contributed by atoms with Crippen molar-refractivity contribution in [3.63, 3.8) is 0 Å². The molecule has 2 aromatic heterocycles. The molecule has 0 aliphatic carbocycles. The maximum absolute atomic E-state index is 12.2. The number of pyridine rings is 1. The predicted octanol–water partition coefficient (Wildman–Crippen LogP) is 3.84. The van der Waals surface area contributed by atoms with Crippen LogP contribution >= 0.6 is 22.6 Å². The third-order valence-corrected chi connectivity index (χ3v) is 3.84. The number of halogens is 1. The van der Waals surface area contributed by atoms with Crippen LogP contribution in [0.15, 0.2) is 42.7 Å². The van der Waals surface area contributed by atoms with Crippen molar-refractivity contribution in [1.82, 2.24) is 14.8 Å². The van der Waals surface area contributed by atoms with Crippen LogP contribution in [0.4, 0.5) is 0 Å². The first kappa shape index (κ1) is 15.0. The third-order valence-electron chi connectivity index (χ3n) is 3.16. The second kappa shape index (κ2) is 6.04. The Bertz CT molecular complexity index is 842. The summed E-state index contributed by atoms with van der Waals surface area (Å²) in [5, 5.41) is 5.12. The van der Waals surface area contributed by atoms with Gasteiger partial charge in [-0.05, 0) is 60.7 Å². The van der Waals surface area contributed by atoms with Crippen LogP contribution in [-0.4, -0.2) is 20.7 Å². The fourth-order valence-electron chi connectivity index (χ4n) is 2.13. The highest BCUT2D eigenvalue weighted by Gasteiger charge is 2.13. The lowest BCUT2D eigenvalue weighted by molar-refractivity contribution is 0.0734. The number of fused-ring (bicyclic) bond motifs is 1. The number of rotatable bonds is 3. The minimum absolute atomic E-state index is 0.217. The van der Waals surface area contributed by atoms with E-state index in [0.29, 0.717) is 11.3 Å². The van der Waals surface area contributed by atoms with E-state index in [-0.39, 0.29) is 6.04 Å². The molecular weight excluding hydrogens is 393 g/mol. The van der Waals surface area contributed by atoms with E-state index in [0.717, 1.165) is 14.6 Å². The Morgan fingerprint density at radius 2 is 2.09 bits per heavy atom. The van der Waals surface area contributed by atoms with Gasteiger partial charge in [-0.25, -0.2) is 14.5 Å². The van der Waals surface area contributed by atoms with Gasteiger partial charge in [-0.1, -0.05) is 6.07 Å². The molecule has 0 saturated carbocycles. The van der Waals surface area contributed by atoms with E-state index in [1.807, 2.05) is 30.7 Å². The summed E-state index contributed by atoms with van der Waals surface area (Å²) in [5.41, 5.74) is 1.18. The average Bonchev–Trinajstić information content (AvgIpc) is 2.90. The van der Waals surface area contributed by atoms with E-state index in [9.17, 15) is 4.79 Å². The number of carbonyl (C=O) groups is 1. The van der Waals surface area contributed by atoms with E-state index >= 15 is 0 Å². The molecule has 0 radical (unpaired) electrons. The monoisotopic (exact) mass is 407 g/mol. The van der Waals surface area contributed by atoms with Gasteiger partial charge in [-0.3, -0.25) is 0 Å². The molecule has 112 valence electrons. The first-order valence-corrected chi connectivity index (χ1v) is 7.93. The molecule has 0 unspecified atom stereocenters. The average molecular weight is 407 g/mol. The fraction of sp³-hybridized carbons (Fsp3) is 0.188. The quantitative estimate of drug-likeness (QED) is 0.376. The van der Waals surface area contributed by atoms with Crippen molar-refractivity contribution in [3.05, 3.63) is 51.9 Å². The number of hydrogen-bond acceptors (Lipinski definition) is 4. The van der Waals surface area contributed by atoms with Gasteiger partial charge in [0.25, 0.3) is 0 Å². The lowest BCUT2D eigenvalue weighted by Gasteiger charge is -2.07. The summed E-state index contributed by atoms with van der Waals surface area (Å²) < 4.78 is 8.21. The summed E-state index contributed by atoms with van der Waals surface area (Å²) in [5.74, 6) is 0.101. The predicted molar refractivity (Wildman–Crippen MR) is 92.0 cm³/mol. The van der Waals surface area contributed by atoms with Crippen LogP contribution in [0.5, 0.6) is 5.75 Å². The first-order valence-electron chi connectivity index (χ1n) is 6.85. The highest BCUT2D eigenvalue weighted by molar-refractivity contribution is 14.1. The number of carbonyl (C=O) groups excluding carboxylic acids is 1. The first-order chi connectivity index (χ1) is 10.5. The summed E-state index contributed by atoms with van der Waals surface area (Å²) >= 11 is 2.17. The number of esters is 1. The lowest BCUT2D eigenvalue weighted by atomic mass is 10.2. The fourth-order valence-corrected chi connectivity index (χ4v) is 2.64.